The van der Waals surface area contributed by atoms with Crippen molar-refractivity contribution in [2.24, 2.45) is 5.92 Å². The van der Waals surface area contributed by atoms with E-state index in [1.54, 1.807) is 13.8 Å². The van der Waals surface area contributed by atoms with Crippen molar-refractivity contribution in [2.45, 2.75) is 20.3 Å². The largest absolute Gasteiger partial charge is 0.299 e. The van der Waals surface area contributed by atoms with Crippen LogP contribution in [-0.4, -0.2) is 5.78 Å². The lowest BCUT2D eigenvalue weighted by Gasteiger charge is -2.04. The highest BCUT2D eigenvalue weighted by Crippen LogP contribution is 2.11. The van der Waals surface area contributed by atoms with Gasteiger partial charge >= 0.3 is 0 Å². The van der Waals surface area contributed by atoms with E-state index in [1.165, 1.54) is 6.07 Å². The number of rotatable bonds is 3. The second kappa shape index (κ2) is 4.31. The number of Topliss-reactive ketones (excluding diaryl/α,β-unsaturated/α-hetero) is 1. The average molecular weight is 198 g/mol. The highest BCUT2D eigenvalue weighted by Gasteiger charge is 2.09. The van der Waals surface area contributed by atoms with E-state index in [1.807, 2.05) is 0 Å². The highest BCUT2D eigenvalue weighted by molar-refractivity contribution is 5.82. The zero-order valence-electron chi connectivity index (χ0n) is 8.18. The number of halogens is 2. The summed E-state index contributed by atoms with van der Waals surface area (Å²) in [5.74, 6) is -1.84. The van der Waals surface area contributed by atoms with Crippen LogP contribution in [0, 0.1) is 17.6 Å². The molecule has 3 heteroatoms. The summed E-state index contributed by atoms with van der Waals surface area (Å²) in [5.41, 5.74) is 0.516. The van der Waals surface area contributed by atoms with Crippen LogP contribution in [0.2, 0.25) is 0 Å². The zero-order valence-corrected chi connectivity index (χ0v) is 8.18. The Kier molecular flexibility index (Phi) is 3.33. The standard InChI is InChI=1S/C11H12F2O/c1-7(2)11(14)6-8-3-4-9(12)10(13)5-8/h3-5,7H,6H2,1-2H3. The van der Waals surface area contributed by atoms with E-state index in [0.717, 1.165) is 12.1 Å². The summed E-state index contributed by atoms with van der Waals surface area (Å²) in [7, 11) is 0. The van der Waals surface area contributed by atoms with Crippen molar-refractivity contribution in [3.05, 3.63) is 35.4 Å². The molecule has 0 aliphatic rings. The molecule has 0 fully saturated rings. The van der Waals surface area contributed by atoms with Crippen LogP contribution in [-0.2, 0) is 11.2 Å². The SMILES string of the molecule is CC(C)C(=O)Cc1ccc(F)c(F)c1. The summed E-state index contributed by atoms with van der Waals surface area (Å²) >= 11 is 0. The van der Waals surface area contributed by atoms with E-state index in [4.69, 9.17) is 0 Å². The molecule has 1 aromatic rings. The van der Waals surface area contributed by atoms with Crippen LogP contribution < -0.4 is 0 Å². The van der Waals surface area contributed by atoms with Gasteiger partial charge in [-0.3, -0.25) is 4.79 Å². The molecule has 0 radical (unpaired) electrons. The maximum atomic E-state index is 12.7. The van der Waals surface area contributed by atoms with Crippen molar-refractivity contribution in [1.29, 1.82) is 0 Å². The number of hydrogen-bond donors (Lipinski definition) is 0. The molecule has 0 atom stereocenters. The average Bonchev–Trinajstić information content (AvgIpc) is 2.11. The molecule has 1 rings (SSSR count). The van der Waals surface area contributed by atoms with Crippen molar-refractivity contribution in [3.8, 4) is 0 Å². The normalized spacial score (nSPS) is 10.6. The van der Waals surface area contributed by atoms with Gasteiger partial charge in [0.15, 0.2) is 11.6 Å². The smallest absolute Gasteiger partial charge is 0.159 e. The molecule has 0 saturated heterocycles. The molecule has 76 valence electrons. The maximum absolute atomic E-state index is 12.7. The molecule has 1 aromatic carbocycles. The van der Waals surface area contributed by atoms with Gasteiger partial charge in [-0.2, -0.15) is 0 Å². The summed E-state index contributed by atoms with van der Waals surface area (Å²) in [4.78, 5) is 11.3. The van der Waals surface area contributed by atoms with E-state index in [0.29, 0.717) is 5.56 Å². The minimum Gasteiger partial charge on any atom is -0.299 e. The fourth-order valence-corrected chi connectivity index (χ4v) is 1.05. The summed E-state index contributed by atoms with van der Waals surface area (Å²) in [6.07, 6.45) is 0.162. The van der Waals surface area contributed by atoms with Gasteiger partial charge in [-0.05, 0) is 17.7 Å². The third-order valence-corrected chi connectivity index (χ3v) is 2.01. The number of hydrogen-bond acceptors (Lipinski definition) is 1. The molecule has 0 spiro atoms. The molecule has 0 aliphatic heterocycles. The predicted octanol–water partition coefficient (Wildman–Crippen LogP) is 2.73. The van der Waals surface area contributed by atoms with Crippen LogP contribution in [0.3, 0.4) is 0 Å². The summed E-state index contributed by atoms with van der Waals surface area (Å²) < 4.78 is 25.3. The second-order valence-corrected chi connectivity index (χ2v) is 3.55. The van der Waals surface area contributed by atoms with Gasteiger partial charge in [0.1, 0.15) is 5.78 Å². The third-order valence-electron chi connectivity index (χ3n) is 2.01. The highest BCUT2D eigenvalue weighted by atomic mass is 19.2. The lowest BCUT2D eigenvalue weighted by atomic mass is 10.0. The lowest BCUT2D eigenvalue weighted by Crippen LogP contribution is -2.10. The van der Waals surface area contributed by atoms with Crippen LogP contribution in [0.5, 0.6) is 0 Å². The number of carbonyl (C=O) groups is 1. The van der Waals surface area contributed by atoms with E-state index >= 15 is 0 Å². The molecule has 0 N–H and O–H groups in total. The Labute approximate surface area is 81.7 Å². The van der Waals surface area contributed by atoms with Crippen molar-refractivity contribution >= 4 is 5.78 Å². The van der Waals surface area contributed by atoms with E-state index in [-0.39, 0.29) is 18.1 Å². The Balaban J connectivity index is 2.78. The van der Waals surface area contributed by atoms with Gasteiger partial charge < -0.3 is 0 Å². The molecule has 0 saturated carbocycles. The maximum Gasteiger partial charge on any atom is 0.159 e. The first kappa shape index (κ1) is 10.8. The molecule has 14 heavy (non-hydrogen) atoms. The second-order valence-electron chi connectivity index (χ2n) is 3.55. The Morgan fingerprint density at radius 2 is 1.93 bits per heavy atom. The predicted molar refractivity (Wildman–Crippen MR) is 49.9 cm³/mol. The Bertz CT molecular complexity index is 345. The topological polar surface area (TPSA) is 17.1 Å². The minimum absolute atomic E-state index is 0.0241. The van der Waals surface area contributed by atoms with Crippen molar-refractivity contribution in [3.63, 3.8) is 0 Å². The minimum atomic E-state index is -0.904. The first-order chi connectivity index (χ1) is 6.50. The van der Waals surface area contributed by atoms with Gasteiger partial charge in [-0.15, -0.1) is 0 Å². The van der Waals surface area contributed by atoms with Gasteiger partial charge in [-0.1, -0.05) is 19.9 Å². The quantitative estimate of drug-likeness (QED) is 0.729. The van der Waals surface area contributed by atoms with E-state index in [2.05, 4.69) is 0 Å². The zero-order chi connectivity index (χ0) is 10.7. The number of carbonyl (C=O) groups excluding carboxylic acids is 1. The first-order valence-electron chi connectivity index (χ1n) is 4.47. The molecule has 0 aliphatic carbocycles. The van der Waals surface area contributed by atoms with Crippen molar-refractivity contribution in [1.82, 2.24) is 0 Å². The van der Waals surface area contributed by atoms with Crippen LogP contribution in [0.4, 0.5) is 8.78 Å². The molecule has 0 bridgehead atoms. The van der Waals surface area contributed by atoms with Crippen LogP contribution >= 0.6 is 0 Å². The van der Waals surface area contributed by atoms with Gasteiger partial charge in [0.2, 0.25) is 0 Å². The lowest BCUT2D eigenvalue weighted by molar-refractivity contribution is -0.121. The fourth-order valence-electron chi connectivity index (χ4n) is 1.05. The van der Waals surface area contributed by atoms with Crippen LogP contribution in [0.15, 0.2) is 18.2 Å². The molecular weight excluding hydrogens is 186 g/mol. The van der Waals surface area contributed by atoms with Gasteiger partial charge in [0.05, 0.1) is 0 Å². The van der Waals surface area contributed by atoms with E-state index in [9.17, 15) is 13.6 Å². The van der Waals surface area contributed by atoms with Crippen LogP contribution in [0.1, 0.15) is 19.4 Å². The third kappa shape index (κ3) is 2.62. The molecule has 0 aromatic heterocycles. The van der Waals surface area contributed by atoms with Gasteiger partial charge in [0.25, 0.3) is 0 Å². The molecule has 0 heterocycles. The fraction of sp³-hybridized carbons (Fsp3) is 0.364. The molecular formula is C11H12F2O. The van der Waals surface area contributed by atoms with Gasteiger partial charge in [-0.25, -0.2) is 8.78 Å². The van der Waals surface area contributed by atoms with Crippen LogP contribution in [0.25, 0.3) is 0 Å². The monoisotopic (exact) mass is 198 g/mol. The summed E-state index contributed by atoms with van der Waals surface area (Å²) in [5, 5.41) is 0. The Morgan fingerprint density at radius 3 is 2.43 bits per heavy atom. The van der Waals surface area contributed by atoms with Crippen molar-refractivity contribution in [2.75, 3.05) is 0 Å². The summed E-state index contributed by atoms with van der Waals surface area (Å²) in [6.45, 7) is 3.56. The Morgan fingerprint density at radius 1 is 1.29 bits per heavy atom. The van der Waals surface area contributed by atoms with E-state index < -0.39 is 11.6 Å². The summed E-state index contributed by atoms with van der Waals surface area (Å²) in [6, 6.07) is 3.53. The van der Waals surface area contributed by atoms with Gasteiger partial charge in [0, 0.05) is 12.3 Å². The first-order valence-corrected chi connectivity index (χ1v) is 4.47. The Hall–Kier alpha value is -1.25. The number of benzene rings is 1. The molecule has 1 nitrogen and oxygen atoms in total. The molecule has 0 unspecified atom stereocenters. The number of ketones is 1. The molecule has 0 amide bonds. The van der Waals surface area contributed by atoms with Crippen molar-refractivity contribution < 1.29 is 13.6 Å².